The quantitative estimate of drug-likeness (QED) is 0.459. The van der Waals surface area contributed by atoms with Crippen LogP contribution < -0.4 is 5.73 Å². The predicted octanol–water partition coefficient (Wildman–Crippen LogP) is 7.08. The predicted molar refractivity (Wildman–Crippen MR) is 131 cm³/mol. The van der Waals surface area contributed by atoms with Gasteiger partial charge >= 0.3 is 0 Å². The Labute approximate surface area is 178 Å². The lowest BCUT2D eigenvalue weighted by atomic mass is 9.73. The van der Waals surface area contributed by atoms with Gasteiger partial charge < -0.3 is 10.7 Å². The van der Waals surface area contributed by atoms with Gasteiger partial charge in [0.25, 0.3) is 0 Å². The molecule has 3 aromatic rings. The maximum absolute atomic E-state index is 6.24. The van der Waals surface area contributed by atoms with Gasteiger partial charge in [-0.1, -0.05) is 87.7 Å². The van der Waals surface area contributed by atoms with Crippen LogP contribution in [0.3, 0.4) is 0 Å². The van der Waals surface area contributed by atoms with E-state index in [2.05, 4.69) is 86.6 Å². The molecule has 0 unspecified atom stereocenters. The molecule has 2 aromatic carbocycles. The van der Waals surface area contributed by atoms with E-state index in [-0.39, 0.29) is 5.41 Å². The van der Waals surface area contributed by atoms with Crippen LogP contribution in [-0.2, 0) is 5.41 Å². The average Bonchev–Trinajstić information content (AvgIpc) is 3.08. The highest BCUT2D eigenvalue weighted by molar-refractivity contribution is 6.09. The van der Waals surface area contributed by atoms with Gasteiger partial charge in [0.15, 0.2) is 0 Å². The van der Waals surface area contributed by atoms with Crippen LogP contribution in [0, 0.1) is 0 Å². The van der Waals surface area contributed by atoms with Gasteiger partial charge in [-0.05, 0) is 41.3 Å². The summed E-state index contributed by atoms with van der Waals surface area (Å²) in [6.45, 7) is 14.6. The molecule has 0 fully saturated rings. The van der Waals surface area contributed by atoms with Crippen LogP contribution in [0.15, 0.2) is 102 Å². The molecule has 1 heterocycles. The number of aromatic nitrogens is 1. The molecule has 0 aliphatic heterocycles. The van der Waals surface area contributed by atoms with E-state index in [4.69, 9.17) is 5.73 Å². The second kappa shape index (κ2) is 7.38. The van der Waals surface area contributed by atoms with Crippen molar-refractivity contribution in [2.24, 2.45) is 5.73 Å². The highest BCUT2D eigenvalue weighted by Gasteiger charge is 2.30. The Morgan fingerprint density at radius 3 is 2.57 bits per heavy atom. The lowest BCUT2D eigenvalue weighted by Gasteiger charge is -2.30. The van der Waals surface area contributed by atoms with Crippen LogP contribution in [0.2, 0.25) is 0 Å². The van der Waals surface area contributed by atoms with Crippen molar-refractivity contribution >= 4 is 27.9 Å². The van der Waals surface area contributed by atoms with Gasteiger partial charge in [0, 0.05) is 33.0 Å². The van der Waals surface area contributed by atoms with Crippen LogP contribution >= 0.6 is 0 Å². The fourth-order valence-corrected chi connectivity index (χ4v) is 4.29. The van der Waals surface area contributed by atoms with Crippen molar-refractivity contribution in [2.75, 3.05) is 0 Å². The smallest absolute Gasteiger partial charge is 0.0512 e. The first-order chi connectivity index (χ1) is 14.3. The molecule has 1 aliphatic carbocycles. The first-order valence-electron chi connectivity index (χ1n) is 10.2. The fourth-order valence-electron chi connectivity index (χ4n) is 4.29. The van der Waals surface area contributed by atoms with Crippen LogP contribution in [0.5, 0.6) is 0 Å². The molecular formula is C28H28N2. The van der Waals surface area contributed by atoms with E-state index in [1.165, 1.54) is 27.4 Å². The minimum atomic E-state index is -0.229. The molecule has 0 radical (unpaired) electrons. The van der Waals surface area contributed by atoms with E-state index in [0.29, 0.717) is 0 Å². The third-order valence-corrected chi connectivity index (χ3v) is 6.05. The van der Waals surface area contributed by atoms with Crippen molar-refractivity contribution in [1.82, 2.24) is 4.98 Å². The van der Waals surface area contributed by atoms with Crippen molar-refractivity contribution in [3.8, 4) is 0 Å². The summed E-state index contributed by atoms with van der Waals surface area (Å²) in [5.41, 5.74) is 14.6. The SMILES string of the molecule is C=C\C=C/C(=C(\C)N)C1=C/c2ccc3c([nH]c4ccccc43)c2C(C)(C)C(=C)/C=C\1. The number of H-pyrrole nitrogens is 1. The number of benzene rings is 2. The molecule has 0 saturated heterocycles. The summed E-state index contributed by atoms with van der Waals surface area (Å²) in [4.78, 5) is 3.67. The zero-order chi connectivity index (χ0) is 21.5. The summed E-state index contributed by atoms with van der Waals surface area (Å²) in [6.07, 6.45) is 12.1. The number of hydrogen-bond donors (Lipinski definition) is 2. The molecule has 2 nitrogen and oxygen atoms in total. The highest BCUT2D eigenvalue weighted by Crippen LogP contribution is 2.42. The van der Waals surface area contributed by atoms with Crippen molar-refractivity contribution in [2.45, 2.75) is 26.2 Å². The molecule has 1 aliphatic rings. The Morgan fingerprint density at radius 1 is 1.07 bits per heavy atom. The molecular weight excluding hydrogens is 364 g/mol. The Balaban J connectivity index is 2.08. The van der Waals surface area contributed by atoms with Crippen molar-refractivity contribution < 1.29 is 0 Å². The molecule has 1 aromatic heterocycles. The lowest BCUT2D eigenvalue weighted by Crippen LogP contribution is -2.21. The number of fused-ring (bicyclic) bond motifs is 5. The summed E-state index contributed by atoms with van der Waals surface area (Å²) in [5, 5.41) is 2.48. The van der Waals surface area contributed by atoms with Crippen molar-refractivity contribution in [1.29, 1.82) is 0 Å². The summed E-state index contributed by atoms with van der Waals surface area (Å²) in [6, 6.07) is 12.9. The summed E-state index contributed by atoms with van der Waals surface area (Å²) in [7, 11) is 0. The molecule has 3 N–H and O–H groups in total. The number of nitrogens with one attached hydrogen (secondary N) is 1. The van der Waals surface area contributed by atoms with Gasteiger partial charge in [-0.25, -0.2) is 0 Å². The lowest BCUT2D eigenvalue weighted by molar-refractivity contribution is 0.644. The Morgan fingerprint density at radius 2 is 1.83 bits per heavy atom. The standard InChI is InChI=1S/C28H28N2/c1-6-7-10-22(19(3)29)20-14-13-18(2)28(4,5)26-21(17-20)15-16-24-23-11-8-9-12-25(23)30-27(24)26/h6-17,30H,1-2,29H2,3-5H3/b10-7-,14-13-,20-17+,22-19-. The fraction of sp³-hybridized carbons (Fsp3) is 0.143. The highest BCUT2D eigenvalue weighted by atomic mass is 14.7. The second-order valence-electron chi connectivity index (χ2n) is 8.40. The molecule has 2 heteroatoms. The third kappa shape index (κ3) is 3.15. The van der Waals surface area contributed by atoms with Gasteiger partial charge in [-0.3, -0.25) is 0 Å². The molecule has 0 spiro atoms. The van der Waals surface area contributed by atoms with Crippen molar-refractivity contribution in [3.63, 3.8) is 0 Å². The number of allylic oxidation sites excluding steroid dienone is 9. The van der Waals surface area contributed by atoms with Crippen LogP contribution in [0.4, 0.5) is 0 Å². The Kier molecular flexibility index (Phi) is 4.87. The van der Waals surface area contributed by atoms with E-state index < -0.39 is 0 Å². The first kappa shape index (κ1) is 19.8. The van der Waals surface area contributed by atoms with E-state index in [1.54, 1.807) is 6.08 Å². The van der Waals surface area contributed by atoms with Gasteiger partial charge in [-0.2, -0.15) is 0 Å². The number of aromatic amines is 1. The van der Waals surface area contributed by atoms with Crippen LogP contribution in [0.25, 0.3) is 27.9 Å². The molecule has 0 bridgehead atoms. The monoisotopic (exact) mass is 392 g/mol. The molecule has 0 amide bonds. The number of para-hydroxylation sites is 1. The largest absolute Gasteiger partial charge is 0.402 e. The van der Waals surface area contributed by atoms with E-state index in [1.807, 2.05) is 19.1 Å². The zero-order valence-electron chi connectivity index (χ0n) is 17.9. The van der Waals surface area contributed by atoms with E-state index in [9.17, 15) is 0 Å². The maximum Gasteiger partial charge on any atom is 0.0512 e. The van der Waals surface area contributed by atoms with Gasteiger partial charge in [-0.15, -0.1) is 0 Å². The van der Waals surface area contributed by atoms with Gasteiger partial charge in [0.1, 0.15) is 0 Å². The first-order valence-corrected chi connectivity index (χ1v) is 10.2. The summed E-state index contributed by atoms with van der Waals surface area (Å²) in [5.74, 6) is 0. The minimum absolute atomic E-state index is 0.229. The normalized spacial score (nSPS) is 19.7. The molecule has 30 heavy (non-hydrogen) atoms. The maximum atomic E-state index is 6.24. The second-order valence-corrected chi connectivity index (χ2v) is 8.40. The van der Waals surface area contributed by atoms with Crippen LogP contribution in [0.1, 0.15) is 31.9 Å². The number of rotatable bonds is 3. The summed E-state index contributed by atoms with van der Waals surface area (Å²) >= 11 is 0. The van der Waals surface area contributed by atoms with Crippen LogP contribution in [-0.4, -0.2) is 4.98 Å². The van der Waals surface area contributed by atoms with E-state index in [0.717, 1.165) is 27.9 Å². The number of nitrogens with two attached hydrogens (primary N) is 1. The van der Waals surface area contributed by atoms with Gasteiger partial charge in [0.2, 0.25) is 0 Å². The summed E-state index contributed by atoms with van der Waals surface area (Å²) < 4.78 is 0. The van der Waals surface area contributed by atoms with Crippen molar-refractivity contribution in [3.05, 3.63) is 113 Å². The minimum Gasteiger partial charge on any atom is -0.402 e. The zero-order valence-corrected chi connectivity index (χ0v) is 17.9. The molecule has 0 atom stereocenters. The molecule has 150 valence electrons. The van der Waals surface area contributed by atoms with E-state index >= 15 is 0 Å². The molecule has 0 saturated carbocycles. The number of hydrogen-bond acceptors (Lipinski definition) is 1. The Bertz CT molecular complexity index is 1300. The molecule has 4 rings (SSSR count). The Hall–Kier alpha value is -3.52. The third-order valence-electron chi connectivity index (χ3n) is 6.05. The average molecular weight is 393 g/mol. The topological polar surface area (TPSA) is 41.8 Å². The van der Waals surface area contributed by atoms with Gasteiger partial charge in [0.05, 0.1) is 5.52 Å².